The summed E-state index contributed by atoms with van der Waals surface area (Å²) >= 11 is 5.63. The van der Waals surface area contributed by atoms with Crippen molar-refractivity contribution < 1.29 is 13.9 Å². The zero-order valence-electron chi connectivity index (χ0n) is 11.7. The molecule has 0 aliphatic heterocycles. The van der Waals surface area contributed by atoms with Crippen molar-refractivity contribution in [2.75, 3.05) is 12.5 Å². The molecule has 0 heterocycles. The van der Waals surface area contributed by atoms with Crippen molar-refractivity contribution in [2.24, 2.45) is 0 Å². The van der Waals surface area contributed by atoms with Crippen molar-refractivity contribution in [1.29, 1.82) is 0 Å². The predicted octanol–water partition coefficient (Wildman–Crippen LogP) is 4.24. The fourth-order valence-electron chi connectivity index (χ4n) is 3.07. The van der Waals surface area contributed by atoms with Crippen LogP contribution < -0.4 is 0 Å². The highest BCUT2D eigenvalue weighted by atomic mass is 35.5. The molecule has 0 atom stereocenters. The van der Waals surface area contributed by atoms with E-state index < -0.39 is 6.17 Å². The predicted molar refractivity (Wildman–Crippen MR) is 75.6 cm³/mol. The fourth-order valence-corrected chi connectivity index (χ4v) is 3.18. The molecule has 0 N–H and O–H groups in total. The van der Waals surface area contributed by atoms with E-state index in [1.165, 1.54) is 0 Å². The van der Waals surface area contributed by atoms with Gasteiger partial charge in [0, 0.05) is 12.5 Å². The van der Waals surface area contributed by atoms with E-state index >= 15 is 0 Å². The molecule has 0 unspecified atom stereocenters. The lowest BCUT2D eigenvalue weighted by Gasteiger charge is -2.33. The lowest BCUT2D eigenvalue weighted by atomic mass is 9.92. The Morgan fingerprint density at radius 2 is 1.37 bits per heavy atom. The van der Waals surface area contributed by atoms with Crippen LogP contribution in [0.4, 0.5) is 4.39 Å². The van der Waals surface area contributed by atoms with Crippen LogP contribution in [0.2, 0.25) is 0 Å². The van der Waals surface area contributed by atoms with E-state index in [9.17, 15) is 4.39 Å². The molecule has 2 rings (SSSR count). The van der Waals surface area contributed by atoms with Crippen molar-refractivity contribution in [3.8, 4) is 0 Å². The summed E-state index contributed by atoms with van der Waals surface area (Å²) in [4.78, 5) is 0. The van der Waals surface area contributed by atoms with E-state index in [-0.39, 0.29) is 0 Å². The molecule has 0 spiro atoms. The first-order valence-electron chi connectivity index (χ1n) is 7.75. The maximum atomic E-state index is 13.1. The van der Waals surface area contributed by atoms with Gasteiger partial charge in [0.1, 0.15) is 6.17 Å². The van der Waals surface area contributed by atoms with Gasteiger partial charge in [-0.05, 0) is 57.8 Å². The largest absolute Gasteiger partial charge is 0.378 e. The second-order valence-corrected chi connectivity index (χ2v) is 6.20. The molecule has 0 amide bonds. The topological polar surface area (TPSA) is 18.5 Å². The lowest BCUT2D eigenvalue weighted by Crippen LogP contribution is -2.32. The summed E-state index contributed by atoms with van der Waals surface area (Å²) in [5.41, 5.74) is 0. The van der Waals surface area contributed by atoms with Crippen LogP contribution >= 0.6 is 11.6 Å². The van der Waals surface area contributed by atoms with Gasteiger partial charge in [0.25, 0.3) is 0 Å². The first kappa shape index (κ1) is 15.5. The van der Waals surface area contributed by atoms with Crippen LogP contribution in [0, 0.1) is 0 Å². The zero-order chi connectivity index (χ0) is 13.5. The van der Waals surface area contributed by atoms with Crippen LogP contribution in [0.5, 0.6) is 0 Å². The third-order valence-corrected chi connectivity index (χ3v) is 4.51. The van der Waals surface area contributed by atoms with Crippen LogP contribution in [0.25, 0.3) is 0 Å². The van der Waals surface area contributed by atoms with Gasteiger partial charge in [0.2, 0.25) is 0 Å². The van der Waals surface area contributed by atoms with Gasteiger partial charge in [0.05, 0.1) is 18.3 Å². The molecule has 2 aliphatic carbocycles. The summed E-state index contributed by atoms with van der Waals surface area (Å²) in [6.45, 7) is 0.778. The molecule has 2 fully saturated rings. The molecule has 0 radical (unpaired) electrons. The Balaban J connectivity index is 1.58. The van der Waals surface area contributed by atoms with Gasteiger partial charge >= 0.3 is 0 Å². The van der Waals surface area contributed by atoms with Crippen LogP contribution in [0.1, 0.15) is 57.8 Å². The molecule has 19 heavy (non-hydrogen) atoms. The van der Waals surface area contributed by atoms with Gasteiger partial charge in [-0.1, -0.05) is 0 Å². The third-order valence-electron chi connectivity index (χ3n) is 4.24. The van der Waals surface area contributed by atoms with Crippen molar-refractivity contribution in [2.45, 2.75) is 82.3 Å². The van der Waals surface area contributed by atoms with Crippen LogP contribution in [-0.2, 0) is 9.47 Å². The SMILES string of the molecule is FC1CCC(OC2CCC(OCCCCl)CC2)CC1. The lowest BCUT2D eigenvalue weighted by molar-refractivity contribution is -0.0762. The Bertz CT molecular complexity index is 236. The summed E-state index contributed by atoms with van der Waals surface area (Å²) in [6, 6.07) is 0. The number of hydrogen-bond acceptors (Lipinski definition) is 2. The Morgan fingerprint density at radius 3 is 1.95 bits per heavy atom. The van der Waals surface area contributed by atoms with Crippen molar-refractivity contribution in [3.63, 3.8) is 0 Å². The number of hydrogen-bond donors (Lipinski definition) is 0. The van der Waals surface area contributed by atoms with Crippen LogP contribution in [-0.4, -0.2) is 37.0 Å². The summed E-state index contributed by atoms with van der Waals surface area (Å²) in [7, 11) is 0. The average Bonchev–Trinajstić information content (AvgIpc) is 2.44. The Morgan fingerprint density at radius 1 is 0.842 bits per heavy atom. The van der Waals surface area contributed by atoms with Gasteiger partial charge in [-0.25, -0.2) is 4.39 Å². The van der Waals surface area contributed by atoms with Gasteiger partial charge in [0.15, 0.2) is 0 Å². The minimum atomic E-state index is -0.592. The molecule has 2 nitrogen and oxygen atoms in total. The summed E-state index contributed by atoms with van der Waals surface area (Å²) in [5, 5.41) is 0. The molecule has 0 aromatic heterocycles. The maximum absolute atomic E-state index is 13.1. The standard InChI is InChI=1S/C15H26ClFO2/c16-10-1-11-18-13-6-8-15(9-7-13)19-14-4-2-12(17)3-5-14/h12-15H,1-11H2. The number of ether oxygens (including phenoxy) is 2. The second kappa shape index (κ2) is 8.43. The van der Waals surface area contributed by atoms with E-state index in [2.05, 4.69) is 0 Å². The van der Waals surface area contributed by atoms with Crippen molar-refractivity contribution in [3.05, 3.63) is 0 Å². The van der Waals surface area contributed by atoms with E-state index in [4.69, 9.17) is 21.1 Å². The Hall–Kier alpha value is 0.140. The fraction of sp³-hybridized carbons (Fsp3) is 1.00. The number of halogens is 2. The first-order valence-corrected chi connectivity index (χ1v) is 8.28. The summed E-state index contributed by atoms with van der Waals surface area (Å²) < 4.78 is 25.0. The zero-order valence-corrected chi connectivity index (χ0v) is 12.4. The molecule has 0 bridgehead atoms. The van der Waals surface area contributed by atoms with Crippen LogP contribution in [0.15, 0.2) is 0 Å². The van der Waals surface area contributed by atoms with Gasteiger partial charge in [-0.3, -0.25) is 0 Å². The quantitative estimate of drug-likeness (QED) is 0.538. The molecular weight excluding hydrogens is 267 g/mol. The molecular formula is C15H26ClFO2. The highest BCUT2D eigenvalue weighted by Gasteiger charge is 2.27. The van der Waals surface area contributed by atoms with E-state index in [0.29, 0.717) is 37.0 Å². The molecule has 2 aliphatic rings. The average molecular weight is 293 g/mol. The Labute approximate surface area is 121 Å². The van der Waals surface area contributed by atoms with Crippen molar-refractivity contribution >= 4 is 11.6 Å². The van der Waals surface area contributed by atoms with Crippen molar-refractivity contribution in [1.82, 2.24) is 0 Å². The monoisotopic (exact) mass is 292 g/mol. The molecule has 0 saturated heterocycles. The minimum absolute atomic E-state index is 0.297. The van der Waals surface area contributed by atoms with E-state index in [0.717, 1.165) is 51.6 Å². The highest BCUT2D eigenvalue weighted by molar-refractivity contribution is 6.17. The van der Waals surface area contributed by atoms with Gasteiger partial charge < -0.3 is 9.47 Å². The van der Waals surface area contributed by atoms with Crippen LogP contribution in [0.3, 0.4) is 0 Å². The number of rotatable bonds is 6. The normalized spacial score (nSPS) is 36.3. The first-order chi connectivity index (χ1) is 9.28. The third kappa shape index (κ3) is 5.57. The molecule has 0 aromatic carbocycles. The summed E-state index contributed by atoms with van der Waals surface area (Å²) in [6.07, 6.45) is 8.91. The summed E-state index contributed by atoms with van der Waals surface area (Å²) in [5.74, 6) is 0.676. The minimum Gasteiger partial charge on any atom is -0.378 e. The molecule has 2 saturated carbocycles. The van der Waals surface area contributed by atoms with Gasteiger partial charge in [-0.2, -0.15) is 0 Å². The van der Waals surface area contributed by atoms with E-state index in [1.54, 1.807) is 0 Å². The van der Waals surface area contributed by atoms with E-state index in [1.807, 2.05) is 0 Å². The Kier molecular flexibility index (Phi) is 6.89. The molecule has 4 heteroatoms. The van der Waals surface area contributed by atoms with Gasteiger partial charge in [-0.15, -0.1) is 11.6 Å². The highest BCUT2D eigenvalue weighted by Crippen LogP contribution is 2.29. The number of alkyl halides is 2. The molecule has 0 aromatic rings. The maximum Gasteiger partial charge on any atom is 0.100 e. The second-order valence-electron chi connectivity index (χ2n) is 5.82. The molecule has 112 valence electrons. The smallest absolute Gasteiger partial charge is 0.100 e.